The highest BCUT2D eigenvalue weighted by Crippen LogP contribution is 2.36. The highest BCUT2D eigenvalue weighted by Gasteiger charge is 2.20. The second kappa shape index (κ2) is 5.14. The summed E-state index contributed by atoms with van der Waals surface area (Å²) in [5.41, 5.74) is 1.70. The zero-order chi connectivity index (χ0) is 15.0. The van der Waals surface area contributed by atoms with Crippen molar-refractivity contribution in [1.29, 1.82) is 0 Å². The Morgan fingerprint density at radius 2 is 1.95 bits per heavy atom. The van der Waals surface area contributed by atoms with Crippen molar-refractivity contribution in [2.75, 3.05) is 11.9 Å². The first-order chi connectivity index (χ1) is 10.1. The van der Waals surface area contributed by atoms with Gasteiger partial charge in [0, 0.05) is 12.7 Å². The first-order valence-corrected chi connectivity index (χ1v) is 7.17. The van der Waals surface area contributed by atoms with Crippen LogP contribution in [0.25, 0.3) is 10.2 Å². The minimum Gasteiger partial charge on any atom is -0.477 e. The molecule has 3 aromatic rings. The molecule has 0 radical (unpaired) electrons. The number of thiophene rings is 1. The third-order valence-electron chi connectivity index (χ3n) is 3.36. The Bertz CT molecular complexity index is 814. The Hall–Kier alpha value is -2.47. The molecular weight excluding hydrogens is 286 g/mol. The summed E-state index contributed by atoms with van der Waals surface area (Å²) in [6.45, 7) is 1.80. The third kappa shape index (κ3) is 2.23. The number of carboxylic acids is 1. The first kappa shape index (κ1) is 13.5. The lowest BCUT2D eigenvalue weighted by Gasteiger charge is -2.19. The molecule has 0 saturated carbocycles. The summed E-state index contributed by atoms with van der Waals surface area (Å²) < 4.78 is 0. The molecule has 0 unspecified atom stereocenters. The van der Waals surface area contributed by atoms with Crippen LogP contribution in [0.3, 0.4) is 0 Å². The summed E-state index contributed by atoms with van der Waals surface area (Å²) in [6, 6.07) is 9.81. The number of rotatable bonds is 3. The molecule has 0 aliphatic heterocycles. The average molecular weight is 299 g/mol. The molecule has 0 amide bonds. The molecule has 106 valence electrons. The average Bonchev–Trinajstić information content (AvgIpc) is 2.85. The molecule has 6 heteroatoms. The Labute approximate surface area is 125 Å². The van der Waals surface area contributed by atoms with Crippen LogP contribution in [0.1, 0.15) is 15.2 Å². The number of hydrogen-bond acceptors (Lipinski definition) is 5. The molecule has 0 aliphatic carbocycles. The van der Waals surface area contributed by atoms with Crippen LogP contribution < -0.4 is 4.90 Å². The summed E-state index contributed by atoms with van der Waals surface area (Å²) in [7, 11) is 1.91. The zero-order valence-electron chi connectivity index (χ0n) is 11.6. The van der Waals surface area contributed by atoms with Crippen LogP contribution in [0, 0.1) is 6.92 Å². The molecule has 2 aromatic heterocycles. The zero-order valence-corrected chi connectivity index (χ0v) is 12.4. The summed E-state index contributed by atoms with van der Waals surface area (Å²) in [6.07, 6.45) is 1.47. The van der Waals surface area contributed by atoms with Gasteiger partial charge in [0.15, 0.2) is 0 Å². The van der Waals surface area contributed by atoms with Crippen molar-refractivity contribution in [2.45, 2.75) is 6.92 Å². The summed E-state index contributed by atoms with van der Waals surface area (Å²) in [5.74, 6) is -0.212. The second-order valence-corrected chi connectivity index (χ2v) is 5.63. The molecule has 0 bridgehead atoms. The quantitative estimate of drug-likeness (QED) is 0.802. The van der Waals surface area contributed by atoms with E-state index in [4.69, 9.17) is 0 Å². The number of nitrogens with zero attached hydrogens (tertiary/aromatic N) is 3. The van der Waals surface area contributed by atoms with E-state index in [9.17, 15) is 9.90 Å². The Morgan fingerprint density at radius 3 is 2.62 bits per heavy atom. The molecule has 0 spiro atoms. The molecule has 3 rings (SSSR count). The van der Waals surface area contributed by atoms with E-state index in [1.807, 2.05) is 42.3 Å². The lowest BCUT2D eigenvalue weighted by molar-refractivity contribution is 0.0701. The fourth-order valence-electron chi connectivity index (χ4n) is 2.29. The van der Waals surface area contributed by atoms with Gasteiger partial charge in [-0.2, -0.15) is 0 Å². The maximum atomic E-state index is 11.3. The van der Waals surface area contributed by atoms with Crippen molar-refractivity contribution < 1.29 is 9.90 Å². The van der Waals surface area contributed by atoms with Crippen LogP contribution in [-0.2, 0) is 0 Å². The maximum absolute atomic E-state index is 11.3. The van der Waals surface area contributed by atoms with Gasteiger partial charge in [-0.05, 0) is 24.6 Å². The van der Waals surface area contributed by atoms with Gasteiger partial charge in [-0.25, -0.2) is 14.8 Å². The summed E-state index contributed by atoms with van der Waals surface area (Å²) in [4.78, 5) is 22.8. The fourth-order valence-corrected chi connectivity index (χ4v) is 3.27. The van der Waals surface area contributed by atoms with Crippen LogP contribution in [0.5, 0.6) is 0 Å². The van der Waals surface area contributed by atoms with Gasteiger partial charge in [0.2, 0.25) is 0 Å². The first-order valence-electron chi connectivity index (χ1n) is 6.35. The van der Waals surface area contributed by atoms with Crippen LogP contribution in [0.4, 0.5) is 11.5 Å². The van der Waals surface area contributed by atoms with Crippen molar-refractivity contribution >= 4 is 39.0 Å². The number of aromatic nitrogens is 2. The largest absolute Gasteiger partial charge is 0.477 e. The number of carbonyl (C=O) groups is 1. The topological polar surface area (TPSA) is 66.3 Å². The van der Waals surface area contributed by atoms with E-state index in [-0.39, 0.29) is 0 Å². The Balaban J connectivity index is 2.21. The van der Waals surface area contributed by atoms with Crippen LogP contribution in [-0.4, -0.2) is 28.1 Å². The molecule has 0 atom stereocenters. The highest BCUT2D eigenvalue weighted by molar-refractivity contribution is 7.20. The number of benzene rings is 1. The van der Waals surface area contributed by atoms with Gasteiger partial charge in [-0.3, -0.25) is 0 Å². The highest BCUT2D eigenvalue weighted by atomic mass is 32.1. The summed E-state index contributed by atoms with van der Waals surface area (Å²) in [5, 5.41) is 10.1. The molecule has 0 fully saturated rings. The Kier molecular flexibility index (Phi) is 3.31. The smallest absolute Gasteiger partial charge is 0.346 e. The van der Waals surface area contributed by atoms with Crippen LogP contribution in [0.2, 0.25) is 0 Å². The molecular formula is C15H13N3O2S. The predicted octanol–water partition coefficient (Wildman–Crippen LogP) is 3.47. The van der Waals surface area contributed by atoms with E-state index in [1.54, 1.807) is 6.92 Å². The number of para-hydroxylation sites is 1. The number of anilines is 2. The van der Waals surface area contributed by atoms with Crippen molar-refractivity contribution in [2.24, 2.45) is 0 Å². The number of aromatic carboxylic acids is 1. The van der Waals surface area contributed by atoms with E-state index in [2.05, 4.69) is 9.97 Å². The molecule has 5 nitrogen and oxygen atoms in total. The van der Waals surface area contributed by atoms with E-state index >= 15 is 0 Å². The molecule has 2 heterocycles. The molecule has 1 N–H and O–H groups in total. The van der Waals surface area contributed by atoms with Crippen molar-refractivity contribution in [3.05, 3.63) is 47.1 Å². The monoisotopic (exact) mass is 299 g/mol. The lowest BCUT2D eigenvalue weighted by atomic mass is 10.2. The number of hydrogen-bond donors (Lipinski definition) is 1. The summed E-state index contributed by atoms with van der Waals surface area (Å²) >= 11 is 1.18. The predicted molar refractivity (Wildman–Crippen MR) is 83.6 cm³/mol. The van der Waals surface area contributed by atoms with E-state index in [0.717, 1.165) is 11.1 Å². The number of carboxylic acid groups (broad SMARTS) is 1. The second-order valence-electron chi connectivity index (χ2n) is 4.63. The maximum Gasteiger partial charge on any atom is 0.346 e. The van der Waals surface area contributed by atoms with E-state index < -0.39 is 5.97 Å². The van der Waals surface area contributed by atoms with Gasteiger partial charge in [-0.1, -0.05) is 18.2 Å². The van der Waals surface area contributed by atoms with Crippen molar-refractivity contribution in [3.8, 4) is 0 Å². The number of aryl methyl sites for hydroxylation is 1. The Morgan fingerprint density at radius 1 is 1.24 bits per heavy atom. The van der Waals surface area contributed by atoms with Crippen molar-refractivity contribution in [3.63, 3.8) is 0 Å². The fraction of sp³-hybridized carbons (Fsp3) is 0.133. The van der Waals surface area contributed by atoms with E-state index in [0.29, 0.717) is 21.1 Å². The third-order valence-corrected chi connectivity index (χ3v) is 4.55. The normalized spacial score (nSPS) is 10.8. The minimum absolute atomic E-state index is 0.313. The van der Waals surface area contributed by atoms with Gasteiger partial charge in [0.1, 0.15) is 21.9 Å². The standard InChI is InChI=1S/C15H13N3O2S/c1-9-11-13(18(2)10-6-4-3-5-7-10)16-8-17-14(11)21-12(9)15(19)20/h3-8H,1-2H3,(H,19,20). The van der Waals surface area contributed by atoms with Crippen LogP contribution >= 0.6 is 11.3 Å². The molecule has 0 aliphatic rings. The van der Waals surface area contributed by atoms with Gasteiger partial charge < -0.3 is 10.0 Å². The molecule has 21 heavy (non-hydrogen) atoms. The lowest BCUT2D eigenvalue weighted by Crippen LogP contribution is -2.11. The SMILES string of the molecule is Cc1c(C(=O)O)sc2ncnc(N(C)c3ccccc3)c12. The van der Waals surface area contributed by atoms with Gasteiger partial charge in [0.05, 0.1) is 5.39 Å². The van der Waals surface area contributed by atoms with Gasteiger partial charge in [-0.15, -0.1) is 11.3 Å². The van der Waals surface area contributed by atoms with E-state index in [1.165, 1.54) is 17.7 Å². The molecule has 1 aromatic carbocycles. The molecule has 0 saturated heterocycles. The van der Waals surface area contributed by atoms with Crippen LogP contribution in [0.15, 0.2) is 36.7 Å². The minimum atomic E-state index is -0.927. The van der Waals surface area contributed by atoms with Gasteiger partial charge >= 0.3 is 5.97 Å². The van der Waals surface area contributed by atoms with Gasteiger partial charge in [0.25, 0.3) is 0 Å². The number of fused-ring (bicyclic) bond motifs is 1. The van der Waals surface area contributed by atoms with Crippen molar-refractivity contribution in [1.82, 2.24) is 9.97 Å².